The molecule has 0 saturated heterocycles. The molecule has 1 unspecified atom stereocenters. The van der Waals surface area contributed by atoms with Gasteiger partial charge in [0.05, 0.1) is 0 Å². The second-order valence-electron chi connectivity index (χ2n) is 4.82. The van der Waals surface area contributed by atoms with Gasteiger partial charge in [-0.3, -0.25) is 0 Å². The third-order valence-electron chi connectivity index (χ3n) is 3.30. The van der Waals surface area contributed by atoms with E-state index in [1.54, 1.807) is 6.07 Å². The Labute approximate surface area is 128 Å². The van der Waals surface area contributed by atoms with Crippen molar-refractivity contribution in [2.75, 3.05) is 6.54 Å². The lowest BCUT2D eigenvalue weighted by molar-refractivity contribution is 0.511. The van der Waals surface area contributed by atoms with Gasteiger partial charge in [-0.2, -0.15) is 0 Å². The monoisotopic (exact) mass is 335 g/mol. The first kappa shape index (κ1) is 15.2. The third-order valence-corrected chi connectivity index (χ3v) is 4.03. The van der Waals surface area contributed by atoms with Gasteiger partial charge >= 0.3 is 0 Å². The molecule has 0 aliphatic heterocycles. The molecule has 0 aliphatic carbocycles. The second kappa shape index (κ2) is 7.55. The second-order valence-corrected chi connectivity index (χ2v) is 5.68. The minimum absolute atomic E-state index is 0.113. The highest BCUT2D eigenvalue weighted by Crippen LogP contribution is 2.26. The summed E-state index contributed by atoms with van der Waals surface area (Å²) in [5.74, 6) is -0.136. The molecule has 2 aromatic carbocycles. The van der Waals surface area contributed by atoms with E-state index in [0.29, 0.717) is 6.42 Å². The smallest absolute Gasteiger partial charge is 0.126 e. The molecule has 0 aliphatic rings. The fraction of sp³-hybridized carbons (Fsp3) is 0.294. The standard InChI is InChI=1S/C17H19BrFN/c1-2-11-20-17(14-8-4-5-9-15(14)18)12-13-7-3-6-10-16(13)19/h3-10,17,20H,2,11-12H2,1H3. The molecular weight excluding hydrogens is 317 g/mol. The van der Waals surface area contributed by atoms with E-state index in [4.69, 9.17) is 0 Å². The quantitative estimate of drug-likeness (QED) is 0.793. The van der Waals surface area contributed by atoms with Gasteiger partial charge in [-0.1, -0.05) is 59.3 Å². The zero-order valence-electron chi connectivity index (χ0n) is 11.6. The maximum Gasteiger partial charge on any atom is 0.126 e. The van der Waals surface area contributed by atoms with Crippen LogP contribution in [0.2, 0.25) is 0 Å². The Balaban J connectivity index is 2.24. The highest BCUT2D eigenvalue weighted by molar-refractivity contribution is 9.10. The minimum Gasteiger partial charge on any atom is -0.310 e. The van der Waals surface area contributed by atoms with Crippen LogP contribution in [-0.2, 0) is 6.42 Å². The van der Waals surface area contributed by atoms with Crippen molar-refractivity contribution >= 4 is 15.9 Å². The highest BCUT2D eigenvalue weighted by Gasteiger charge is 2.15. The van der Waals surface area contributed by atoms with E-state index in [2.05, 4.69) is 34.2 Å². The molecule has 106 valence electrons. The third kappa shape index (κ3) is 3.90. The van der Waals surface area contributed by atoms with E-state index in [-0.39, 0.29) is 11.9 Å². The van der Waals surface area contributed by atoms with Crippen molar-refractivity contribution in [3.63, 3.8) is 0 Å². The average Bonchev–Trinajstić information content (AvgIpc) is 2.46. The first-order chi connectivity index (χ1) is 9.72. The first-order valence-corrected chi connectivity index (χ1v) is 7.73. The maximum absolute atomic E-state index is 13.8. The molecule has 1 atom stereocenters. The average molecular weight is 336 g/mol. The molecule has 1 N–H and O–H groups in total. The lowest BCUT2D eigenvalue weighted by Crippen LogP contribution is -2.24. The summed E-state index contributed by atoms with van der Waals surface area (Å²) >= 11 is 3.59. The number of hydrogen-bond donors (Lipinski definition) is 1. The zero-order valence-corrected chi connectivity index (χ0v) is 13.2. The van der Waals surface area contributed by atoms with Crippen LogP contribution < -0.4 is 5.32 Å². The van der Waals surface area contributed by atoms with Crippen LogP contribution in [0.15, 0.2) is 53.0 Å². The first-order valence-electron chi connectivity index (χ1n) is 6.93. The van der Waals surface area contributed by atoms with Crippen molar-refractivity contribution in [2.24, 2.45) is 0 Å². The Morgan fingerprint density at radius 1 is 1.10 bits per heavy atom. The van der Waals surface area contributed by atoms with E-state index in [9.17, 15) is 4.39 Å². The van der Waals surface area contributed by atoms with Crippen LogP contribution in [0.25, 0.3) is 0 Å². The Kier molecular flexibility index (Phi) is 5.74. The molecule has 1 nitrogen and oxygen atoms in total. The summed E-state index contributed by atoms with van der Waals surface area (Å²) in [5.41, 5.74) is 1.92. The largest absolute Gasteiger partial charge is 0.310 e. The van der Waals surface area contributed by atoms with Crippen LogP contribution in [0.5, 0.6) is 0 Å². The number of halogens is 2. The van der Waals surface area contributed by atoms with Crippen LogP contribution in [0.4, 0.5) is 4.39 Å². The summed E-state index contributed by atoms with van der Waals surface area (Å²) in [7, 11) is 0. The van der Waals surface area contributed by atoms with Gasteiger partial charge in [-0.05, 0) is 42.6 Å². The van der Waals surface area contributed by atoms with Gasteiger partial charge in [-0.25, -0.2) is 4.39 Å². The van der Waals surface area contributed by atoms with E-state index in [1.807, 2.05) is 30.3 Å². The fourth-order valence-electron chi connectivity index (χ4n) is 2.25. The number of hydrogen-bond acceptors (Lipinski definition) is 1. The lowest BCUT2D eigenvalue weighted by atomic mass is 9.98. The predicted octanol–water partition coefficient (Wildman–Crippen LogP) is 4.87. The summed E-state index contributed by atoms with van der Waals surface area (Å²) in [4.78, 5) is 0. The molecule has 2 rings (SSSR count). The predicted molar refractivity (Wildman–Crippen MR) is 85.3 cm³/mol. The van der Waals surface area contributed by atoms with Crippen molar-refractivity contribution in [1.29, 1.82) is 0 Å². The van der Waals surface area contributed by atoms with Crippen molar-refractivity contribution < 1.29 is 4.39 Å². The maximum atomic E-state index is 13.8. The van der Waals surface area contributed by atoms with Gasteiger partial charge in [-0.15, -0.1) is 0 Å². The molecule has 0 saturated carbocycles. The van der Waals surface area contributed by atoms with Gasteiger partial charge < -0.3 is 5.32 Å². The number of benzene rings is 2. The fourth-order valence-corrected chi connectivity index (χ4v) is 2.81. The van der Waals surface area contributed by atoms with Crippen molar-refractivity contribution in [1.82, 2.24) is 5.32 Å². The topological polar surface area (TPSA) is 12.0 Å². The van der Waals surface area contributed by atoms with Crippen LogP contribution in [0.1, 0.15) is 30.5 Å². The van der Waals surface area contributed by atoms with Crippen LogP contribution in [0, 0.1) is 5.82 Å². The molecule has 0 radical (unpaired) electrons. The van der Waals surface area contributed by atoms with Gasteiger partial charge in [0.1, 0.15) is 5.82 Å². The molecule has 20 heavy (non-hydrogen) atoms. The molecule has 0 spiro atoms. The van der Waals surface area contributed by atoms with Crippen LogP contribution >= 0.6 is 15.9 Å². The van der Waals surface area contributed by atoms with Crippen LogP contribution in [0.3, 0.4) is 0 Å². The van der Waals surface area contributed by atoms with E-state index in [1.165, 1.54) is 11.6 Å². The SMILES string of the molecule is CCCNC(Cc1ccccc1F)c1ccccc1Br. The van der Waals surface area contributed by atoms with Gasteiger partial charge in [0.25, 0.3) is 0 Å². The summed E-state index contributed by atoms with van der Waals surface area (Å²) < 4.78 is 14.9. The van der Waals surface area contributed by atoms with E-state index < -0.39 is 0 Å². The number of nitrogens with one attached hydrogen (secondary N) is 1. The van der Waals surface area contributed by atoms with Gasteiger partial charge in [0, 0.05) is 10.5 Å². The Hall–Kier alpha value is -1.19. The van der Waals surface area contributed by atoms with Gasteiger partial charge in [0.15, 0.2) is 0 Å². The summed E-state index contributed by atoms with van der Waals surface area (Å²) in [5, 5.41) is 3.51. The molecule has 0 amide bonds. The van der Waals surface area contributed by atoms with Crippen LogP contribution in [-0.4, -0.2) is 6.54 Å². The van der Waals surface area contributed by atoms with E-state index in [0.717, 1.165) is 23.0 Å². The molecule has 0 heterocycles. The molecule has 0 aromatic heterocycles. The van der Waals surface area contributed by atoms with Crippen molar-refractivity contribution in [2.45, 2.75) is 25.8 Å². The molecule has 0 fully saturated rings. The molecule has 0 bridgehead atoms. The Bertz CT molecular complexity index is 556. The normalized spacial score (nSPS) is 12.3. The summed E-state index contributed by atoms with van der Waals surface area (Å²) in [6.45, 7) is 3.05. The lowest BCUT2D eigenvalue weighted by Gasteiger charge is -2.20. The van der Waals surface area contributed by atoms with E-state index >= 15 is 0 Å². The highest BCUT2D eigenvalue weighted by atomic mass is 79.9. The molecule has 2 aromatic rings. The van der Waals surface area contributed by atoms with Crippen molar-refractivity contribution in [3.8, 4) is 0 Å². The Morgan fingerprint density at radius 3 is 2.50 bits per heavy atom. The molecule has 3 heteroatoms. The zero-order chi connectivity index (χ0) is 14.4. The number of rotatable bonds is 6. The summed E-state index contributed by atoms with van der Waals surface area (Å²) in [6, 6.07) is 15.2. The van der Waals surface area contributed by atoms with Gasteiger partial charge in [0.2, 0.25) is 0 Å². The minimum atomic E-state index is -0.136. The molecular formula is C17H19BrFN. The Morgan fingerprint density at radius 2 is 1.80 bits per heavy atom. The van der Waals surface area contributed by atoms with Crippen molar-refractivity contribution in [3.05, 3.63) is 69.9 Å². The summed E-state index contributed by atoms with van der Waals surface area (Å²) in [6.07, 6.45) is 1.70.